The highest BCUT2D eigenvalue weighted by Crippen LogP contribution is 2.15. The Kier molecular flexibility index (Phi) is 6.11. The quantitative estimate of drug-likeness (QED) is 0.828. The molecule has 0 aliphatic carbocycles. The molecule has 0 saturated carbocycles. The molecule has 7 heteroatoms. The zero-order valence-corrected chi connectivity index (χ0v) is 14.6. The molecule has 1 aliphatic heterocycles. The summed E-state index contributed by atoms with van der Waals surface area (Å²) in [5, 5.41) is 7.07. The zero-order chi connectivity index (χ0) is 17.5. The number of hydrogen-bond acceptors (Lipinski definition) is 6. The molecular weight excluding hydrogens is 318 g/mol. The van der Waals surface area contributed by atoms with Crippen LogP contribution in [0, 0.1) is 0 Å². The standard InChI is InChI=1S/C18H25N5O2/c1-2-10-23-11-7-15(8-12-23)20-16(24)5-6-17-21-18(22-25-17)14-4-3-9-19-13-14/h3-4,9,13,15H,2,5-8,10-12H2,1H3,(H,20,24). The van der Waals surface area contributed by atoms with Gasteiger partial charge in [-0.3, -0.25) is 9.78 Å². The van der Waals surface area contributed by atoms with Crippen molar-refractivity contribution >= 4 is 5.91 Å². The number of hydrogen-bond donors (Lipinski definition) is 1. The highest BCUT2D eigenvalue weighted by molar-refractivity contribution is 5.76. The van der Waals surface area contributed by atoms with Crippen LogP contribution < -0.4 is 5.32 Å². The fraction of sp³-hybridized carbons (Fsp3) is 0.556. The summed E-state index contributed by atoms with van der Waals surface area (Å²) in [5.41, 5.74) is 0.806. The minimum atomic E-state index is 0.0510. The van der Waals surface area contributed by atoms with Crippen molar-refractivity contribution in [3.05, 3.63) is 30.4 Å². The molecule has 7 nitrogen and oxygen atoms in total. The van der Waals surface area contributed by atoms with Crippen molar-refractivity contribution in [1.82, 2.24) is 25.3 Å². The minimum absolute atomic E-state index is 0.0510. The van der Waals surface area contributed by atoms with Gasteiger partial charge in [0.1, 0.15) is 0 Å². The zero-order valence-electron chi connectivity index (χ0n) is 14.6. The maximum absolute atomic E-state index is 12.1. The van der Waals surface area contributed by atoms with Crippen LogP contribution >= 0.6 is 0 Å². The van der Waals surface area contributed by atoms with Crippen molar-refractivity contribution in [2.75, 3.05) is 19.6 Å². The van der Waals surface area contributed by atoms with E-state index in [4.69, 9.17) is 4.52 Å². The number of likely N-dealkylation sites (tertiary alicyclic amines) is 1. The van der Waals surface area contributed by atoms with Crippen molar-refractivity contribution in [2.45, 2.75) is 45.1 Å². The highest BCUT2D eigenvalue weighted by Gasteiger charge is 2.20. The maximum Gasteiger partial charge on any atom is 0.227 e. The summed E-state index contributed by atoms with van der Waals surface area (Å²) in [6.07, 6.45) is 7.43. The van der Waals surface area contributed by atoms with Crippen LogP contribution in [0.2, 0.25) is 0 Å². The predicted molar refractivity (Wildman–Crippen MR) is 93.7 cm³/mol. The third kappa shape index (κ3) is 5.09. The van der Waals surface area contributed by atoms with Crippen LogP contribution in [0.4, 0.5) is 0 Å². The van der Waals surface area contributed by atoms with Gasteiger partial charge in [-0.25, -0.2) is 0 Å². The molecule has 0 atom stereocenters. The third-order valence-corrected chi connectivity index (χ3v) is 4.45. The second kappa shape index (κ2) is 8.71. The van der Waals surface area contributed by atoms with Crippen molar-refractivity contribution < 1.29 is 9.32 Å². The number of aromatic nitrogens is 3. The van der Waals surface area contributed by atoms with Crippen LogP contribution in [0.25, 0.3) is 11.4 Å². The van der Waals surface area contributed by atoms with E-state index in [1.54, 1.807) is 12.4 Å². The number of amides is 1. The number of rotatable bonds is 7. The van der Waals surface area contributed by atoms with E-state index >= 15 is 0 Å². The van der Waals surface area contributed by atoms with E-state index in [1.807, 2.05) is 12.1 Å². The van der Waals surface area contributed by atoms with E-state index in [-0.39, 0.29) is 11.9 Å². The van der Waals surface area contributed by atoms with Crippen LogP contribution in [0.3, 0.4) is 0 Å². The molecule has 1 aliphatic rings. The lowest BCUT2D eigenvalue weighted by Crippen LogP contribution is -2.44. The maximum atomic E-state index is 12.1. The summed E-state index contributed by atoms with van der Waals surface area (Å²) < 4.78 is 5.22. The van der Waals surface area contributed by atoms with E-state index in [0.29, 0.717) is 24.6 Å². The molecule has 1 saturated heterocycles. The van der Waals surface area contributed by atoms with Gasteiger partial charge in [0, 0.05) is 49.9 Å². The average Bonchev–Trinajstić information content (AvgIpc) is 3.12. The SMILES string of the molecule is CCCN1CCC(NC(=O)CCc2nc(-c3cccnc3)no2)CC1. The lowest BCUT2D eigenvalue weighted by atomic mass is 10.0. The third-order valence-electron chi connectivity index (χ3n) is 4.45. The Hall–Kier alpha value is -2.28. The number of nitrogens with zero attached hydrogens (tertiary/aromatic N) is 4. The first kappa shape index (κ1) is 17.5. The predicted octanol–water partition coefficient (Wildman–Crippen LogP) is 2.05. The molecule has 0 radical (unpaired) electrons. The van der Waals surface area contributed by atoms with Gasteiger partial charge in [0.15, 0.2) is 0 Å². The van der Waals surface area contributed by atoms with Gasteiger partial charge in [0.25, 0.3) is 0 Å². The first-order chi connectivity index (χ1) is 12.2. The van der Waals surface area contributed by atoms with E-state index in [0.717, 1.165) is 38.0 Å². The average molecular weight is 343 g/mol. The van der Waals surface area contributed by atoms with Crippen LogP contribution in [0.5, 0.6) is 0 Å². The minimum Gasteiger partial charge on any atom is -0.353 e. The molecule has 1 fully saturated rings. The highest BCUT2D eigenvalue weighted by atomic mass is 16.5. The Morgan fingerprint density at radius 1 is 1.40 bits per heavy atom. The van der Waals surface area contributed by atoms with E-state index in [1.165, 1.54) is 6.42 Å². The van der Waals surface area contributed by atoms with Gasteiger partial charge in [-0.1, -0.05) is 12.1 Å². The van der Waals surface area contributed by atoms with Crippen molar-refractivity contribution in [2.24, 2.45) is 0 Å². The number of piperidine rings is 1. The molecule has 2 aromatic heterocycles. The monoisotopic (exact) mass is 343 g/mol. The molecule has 25 heavy (non-hydrogen) atoms. The van der Waals surface area contributed by atoms with Crippen LogP contribution in [-0.4, -0.2) is 51.6 Å². The van der Waals surface area contributed by atoms with Gasteiger partial charge < -0.3 is 14.7 Å². The molecule has 1 amide bonds. The Morgan fingerprint density at radius 3 is 2.96 bits per heavy atom. The van der Waals surface area contributed by atoms with Gasteiger partial charge in [-0.15, -0.1) is 0 Å². The van der Waals surface area contributed by atoms with Gasteiger partial charge >= 0.3 is 0 Å². The molecule has 0 spiro atoms. The number of carbonyl (C=O) groups is 1. The molecule has 2 aromatic rings. The molecule has 134 valence electrons. The van der Waals surface area contributed by atoms with Crippen LogP contribution in [0.1, 0.15) is 38.5 Å². The Labute approximate surface area is 147 Å². The lowest BCUT2D eigenvalue weighted by Gasteiger charge is -2.32. The topological polar surface area (TPSA) is 84.2 Å². The van der Waals surface area contributed by atoms with Gasteiger partial charge in [-0.2, -0.15) is 4.98 Å². The van der Waals surface area contributed by atoms with Gasteiger partial charge in [0.05, 0.1) is 0 Å². The summed E-state index contributed by atoms with van der Waals surface area (Å²) in [6.45, 7) is 5.48. The summed E-state index contributed by atoms with van der Waals surface area (Å²) in [4.78, 5) is 23.0. The second-order valence-corrected chi connectivity index (χ2v) is 6.44. The van der Waals surface area contributed by atoms with E-state index in [9.17, 15) is 4.79 Å². The number of nitrogens with one attached hydrogen (secondary N) is 1. The van der Waals surface area contributed by atoms with Crippen molar-refractivity contribution in [1.29, 1.82) is 0 Å². The smallest absolute Gasteiger partial charge is 0.227 e. The number of pyridine rings is 1. The van der Waals surface area contributed by atoms with Gasteiger partial charge in [0.2, 0.25) is 17.6 Å². The molecular formula is C18H25N5O2. The summed E-state index contributed by atoms with van der Waals surface area (Å²) >= 11 is 0. The molecule has 1 N–H and O–H groups in total. The van der Waals surface area contributed by atoms with Crippen LogP contribution in [0.15, 0.2) is 29.0 Å². The number of carbonyl (C=O) groups excluding carboxylic acids is 1. The summed E-state index contributed by atoms with van der Waals surface area (Å²) in [5.74, 6) is 1.04. The van der Waals surface area contributed by atoms with E-state index in [2.05, 4.69) is 32.3 Å². The summed E-state index contributed by atoms with van der Waals surface area (Å²) in [6, 6.07) is 3.98. The van der Waals surface area contributed by atoms with Crippen molar-refractivity contribution in [3.8, 4) is 11.4 Å². The first-order valence-corrected chi connectivity index (χ1v) is 8.99. The van der Waals surface area contributed by atoms with Crippen LogP contribution in [-0.2, 0) is 11.2 Å². The van der Waals surface area contributed by atoms with E-state index < -0.39 is 0 Å². The Balaban J connectivity index is 1.42. The second-order valence-electron chi connectivity index (χ2n) is 6.44. The molecule has 3 heterocycles. The molecule has 0 aromatic carbocycles. The molecule has 3 rings (SSSR count). The normalized spacial score (nSPS) is 16.0. The molecule has 0 bridgehead atoms. The fourth-order valence-electron chi connectivity index (χ4n) is 3.11. The Morgan fingerprint density at radius 2 is 2.24 bits per heavy atom. The summed E-state index contributed by atoms with van der Waals surface area (Å²) in [7, 11) is 0. The largest absolute Gasteiger partial charge is 0.353 e. The number of aryl methyl sites for hydroxylation is 1. The fourth-order valence-corrected chi connectivity index (χ4v) is 3.11. The first-order valence-electron chi connectivity index (χ1n) is 8.99. The van der Waals surface area contributed by atoms with Gasteiger partial charge in [-0.05, 0) is 37.9 Å². The molecule has 0 unspecified atom stereocenters. The lowest BCUT2D eigenvalue weighted by molar-refractivity contribution is -0.122. The van der Waals surface area contributed by atoms with Crippen molar-refractivity contribution in [3.63, 3.8) is 0 Å². The Bertz CT molecular complexity index is 665.